The number of terminal acetylenes is 1. The lowest BCUT2D eigenvalue weighted by atomic mass is 9.92. The number of carbonyl (C=O) groups excluding carboxylic acids is 1. The monoisotopic (exact) mass is 260 g/mol. The van der Waals surface area contributed by atoms with Gasteiger partial charge in [-0.15, -0.1) is 6.42 Å². The third-order valence-electron chi connectivity index (χ3n) is 2.99. The standard InChI is InChI=1S/C16H24N2O/c1-7-16(5,6)18-10-8-13(9-11-18)17-14(19)12-15(2,3)4/h1,8-10H,11-12H2,2-6H3,(H,17,19). The Morgan fingerprint density at radius 1 is 1.42 bits per heavy atom. The van der Waals surface area contributed by atoms with Crippen LogP contribution in [0.15, 0.2) is 24.0 Å². The molecule has 0 unspecified atom stereocenters. The van der Waals surface area contributed by atoms with Crippen molar-refractivity contribution in [3.05, 3.63) is 24.0 Å². The van der Waals surface area contributed by atoms with Gasteiger partial charge >= 0.3 is 0 Å². The molecular weight excluding hydrogens is 236 g/mol. The number of hydrogen-bond donors (Lipinski definition) is 1. The molecule has 104 valence electrons. The zero-order chi connectivity index (χ0) is 14.7. The normalized spacial score (nSPS) is 15.8. The molecule has 1 N–H and O–H groups in total. The first-order chi connectivity index (χ1) is 8.64. The maximum atomic E-state index is 11.8. The minimum absolute atomic E-state index is 0.000516. The summed E-state index contributed by atoms with van der Waals surface area (Å²) in [6.07, 6.45) is 11.8. The van der Waals surface area contributed by atoms with E-state index in [4.69, 9.17) is 6.42 Å². The van der Waals surface area contributed by atoms with E-state index < -0.39 is 0 Å². The second kappa shape index (κ2) is 5.52. The molecule has 0 atom stereocenters. The number of allylic oxidation sites excluding steroid dienone is 1. The highest BCUT2D eigenvalue weighted by molar-refractivity contribution is 5.79. The fraction of sp³-hybridized carbons (Fsp3) is 0.562. The maximum Gasteiger partial charge on any atom is 0.224 e. The van der Waals surface area contributed by atoms with Crippen molar-refractivity contribution < 1.29 is 4.79 Å². The molecule has 3 nitrogen and oxygen atoms in total. The average molecular weight is 260 g/mol. The van der Waals surface area contributed by atoms with Gasteiger partial charge in [0.1, 0.15) is 0 Å². The van der Waals surface area contributed by atoms with Crippen molar-refractivity contribution in [1.29, 1.82) is 0 Å². The van der Waals surface area contributed by atoms with E-state index in [1.54, 1.807) is 0 Å². The van der Waals surface area contributed by atoms with Crippen LogP contribution in [-0.2, 0) is 4.79 Å². The van der Waals surface area contributed by atoms with Crippen molar-refractivity contribution in [2.75, 3.05) is 6.54 Å². The van der Waals surface area contributed by atoms with Gasteiger partial charge in [0.25, 0.3) is 0 Å². The van der Waals surface area contributed by atoms with E-state index in [-0.39, 0.29) is 16.9 Å². The highest BCUT2D eigenvalue weighted by Crippen LogP contribution is 2.20. The van der Waals surface area contributed by atoms with E-state index in [1.165, 1.54) is 0 Å². The van der Waals surface area contributed by atoms with Crippen molar-refractivity contribution in [3.63, 3.8) is 0 Å². The van der Waals surface area contributed by atoms with E-state index in [0.29, 0.717) is 13.0 Å². The smallest absolute Gasteiger partial charge is 0.224 e. The summed E-state index contributed by atoms with van der Waals surface area (Å²) in [4.78, 5) is 13.9. The lowest BCUT2D eigenvalue weighted by Gasteiger charge is -2.34. The summed E-state index contributed by atoms with van der Waals surface area (Å²) < 4.78 is 0. The summed E-state index contributed by atoms with van der Waals surface area (Å²) in [6, 6.07) is 0. The van der Waals surface area contributed by atoms with Gasteiger partial charge in [-0.3, -0.25) is 4.79 Å². The van der Waals surface area contributed by atoms with Crippen LogP contribution < -0.4 is 5.32 Å². The van der Waals surface area contributed by atoms with Gasteiger partial charge in [-0.2, -0.15) is 0 Å². The van der Waals surface area contributed by atoms with Crippen LogP contribution in [0.4, 0.5) is 0 Å². The molecule has 0 aromatic heterocycles. The van der Waals surface area contributed by atoms with Crippen molar-refractivity contribution in [2.24, 2.45) is 5.41 Å². The highest BCUT2D eigenvalue weighted by Gasteiger charge is 2.22. The molecule has 1 rings (SSSR count). The SMILES string of the molecule is C#CC(C)(C)N1C=CC(NC(=O)CC(C)(C)C)=CC1. The van der Waals surface area contributed by atoms with Crippen LogP contribution in [0.3, 0.4) is 0 Å². The predicted octanol–water partition coefficient (Wildman–Crippen LogP) is 2.66. The molecule has 19 heavy (non-hydrogen) atoms. The van der Waals surface area contributed by atoms with Gasteiger partial charge in [0, 0.05) is 24.9 Å². The first-order valence-electron chi connectivity index (χ1n) is 6.57. The quantitative estimate of drug-likeness (QED) is 0.791. The maximum absolute atomic E-state index is 11.8. The first kappa shape index (κ1) is 15.4. The van der Waals surface area contributed by atoms with Gasteiger partial charge in [-0.05, 0) is 31.4 Å². The van der Waals surface area contributed by atoms with Crippen LogP contribution in [0.1, 0.15) is 41.0 Å². The van der Waals surface area contributed by atoms with Crippen LogP contribution >= 0.6 is 0 Å². The highest BCUT2D eigenvalue weighted by atomic mass is 16.1. The van der Waals surface area contributed by atoms with E-state index in [0.717, 1.165) is 5.70 Å². The number of nitrogens with zero attached hydrogens (tertiary/aromatic N) is 1. The molecule has 0 saturated heterocycles. The van der Waals surface area contributed by atoms with Crippen LogP contribution in [0.5, 0.6) is 0 Å². The third kappa shape index (κ3) is 4.82. The van der Waals surface area contributed by atoms with Gasteiger partial charge in [-0.25, -0.2) is 0 Å². The number of rotatable bonds is 3. The zero-order valence-electron chi connectivity index (χ0n) is 12.6. The predicted molar refractivity (Wildman–Crippen MR) is 79.1 cm³/mol. The summed E-state index contributed by atoms with van der Waals surface area (Å²) in [5, 5.41) is 2.92. The van der Waals surface area contributed by atoms with Crippen LogP contribution in [-0.4, -0.2) is 22.9 Å². The van der Waals surface area contributed by atoms with Crippen molar-refractivity contribution in [1.82, 2.24) is 10.2 Å². The molecule has 0 aromatic rings. The van der Waals surface area contributed by atoms with Crippen molar-refractivity contribution in [3.8, 4) is 12.3 Å². The van der Waals surface area contributed by atoms with Gasteiger partial charge in [0.15, 0.2) is 0 Å². The molecule has 0 saturated carbocycles. The third-order valence-corrected chi connectivity index (χ3v) is 2.99. The topological polar surface area (TPSA) is 32.3 Å². The van der Waals surface area contributed by atoms with Crippen molar-refractivity contribution >= 4 is 5.91 Å². The summed E-state index contributed by atoms with van der Waals surface area (Å²) >= 11 is 0. The zero-order valence-corrected chi connectivity index (χ0v) is 12.6. The van der Waals surface area contributed by atoms with Gasteiger partial charge in [0.2, 0.25) is 5.91 Å². The lowest BCUT2D eigenvalue weighted by Crippen LogP contribution is -2.40. The summed E-state index contributed by atoms with van der Waals surface area (Å²) in [5.41, 5.74) is 0.535. The van der Waals surface area contributed by atoms with Gasteiger partial charge in [0.05, 0.1) is 5.54 Å². The molecule has 1 amide bonds. The Hall–Kier alpha value is -1.69. The number of carbonyl (C=O) groups is 1. The molecule has 0 aliphatic carbocycles. The molecule has 3 heteroatoms. The van der Waals surface area contributed by atoms with Gasteiger partial charge < -0.3 is 10.2 Å². The van der Waals surface area contributed by atoms with Gasteiger partial charge in [-0.1, -0.05) is 26.7 Å². The van der Waals surface area contributed by atoms with E-state index in [1.807, 2.05) is 32.2 Å². The molecule has 0 fully saturated rings. The fourth-order valence-corrected chi connectivity index (χ4v) is 1.77. The molecule has 1 heterocycles. The summed E-state index contributed by atoms with van der Waals surface area (Å²) in [7, 11) is 0. The Morgan fingerprint density at radius 2 is 2.05 bits per heavy atom. The Labute approximate surface area is 116 Å². The average Bonchev–Trinajstić information content (AvgIpc) is 2.27. The van der Waals surface area contributed by atoms with Crippen molar-refractivity contribution in [2.45, 2.75) is 46.6 Å². The van der Waals surface area contributed by atoms with E-state index >= 15 is 0 Å². The fourth-order valence-electron chi connectivity index (χ4n) is 1.77. The Bertz CT molecular complexity index is 444. The minimum Gasteiger partial charge on any atom is -0.358 e. The summed E-state index contributed by atoms with van der Waals surface area (Å²) in [6.45, 7) is 10.8. The number of nitrogens with one attached hydrogen (secondary N) is 1. The Kier molecular flexibility index (Phi) is 4.47. The lowest BCUT2D eigenvalue weighted by molar-refractivity contribution is -0.122. The van der Waals surface area contributed by atoms with Crippen LogP contribution in [0.25, 0.3) is 0 Å². The number of hydrogen-bond acceptors (Lipinski definition) is 2. The molecule has 0 aromatic carbocycles. The Morgan fingerprint density at radius 3 is 2.47 bits per heavy atom. The second-order valence-electron chi connectivity index (χ2n) is 6.62. The van der Waals surface area contributed by atoms with E-state index in [2.05, 4.69) is 36.9 Å². The van der Waals surface area contributed by atoms with Crippen LogP contribution in [0, 0.1) is 17.8 Å². The molecule has 0 spiro atoms. The molecule has 0 radical (unpaired) electrons. The van der Waals surface area contributed by atoms with E-state index in [9.17, 15) is 4.79 Å². The summed E-state index contributed by atoms with van der Waals surface area (Å²) in [5.74, 6) is 2.80. The second-order valence-corrected chi connectivity index (χ2v) is 6.62. The molecule has 1 aliphatic rings. The van der Waals surface area contributed by atoms with Crippen LogP contribution in [0.2, 0.25) is 0 Å². The molecule has 0 bridgehead atoms. The Balaban J connectivity index is 2.56. The molecular formula is C16H24N2O. The molecule has 1 aliphatic heterocycles. The largest absolute Gasteiger partial charge is 0.358 e. The first-order valence-corrected chi connectivity index (χ1v) is 6.57. The minimum atomic E-state index is -0.312. The number of amides is 1.